The monoisotopic (exact) mass is 632 g/mol. The summed E-state index contributed by atoms with van der Waals surface area (Å²) in [7, 11) is 0. The van der Waals surface area contributed by atoms with Crippen LogP contribution in [0.25, 0.3) is 0 Å². The van der Waals surface area contributed by atoms with Crippen molar-refractivity contribution in [3.63, 3.8) is 0 Å². The van der Waals surface area contributed by atoms with Crippen LogP contribution in [0.15, 0.2) is 30.3 Å². The predicted molar refractivity (Wildman–Crippen MR) is 171 cm³/mol. The number of carbonyl (C=O) groups excluding carboxylic acids is 6. The summed E-state index contributed by atoms with van der Waals surface area (Å²) in [5, 5.41) is 2.61. The van der Waals surface area contributed by atoms with Gasteiger partial charge in [0.25, 0.3) is 11.8 Å². The maximum atomic E-state index is 14.4. The van der Waals surface area contributed by atoms with Gasteiger partial charge in [0.2, 0.25) is 11.7 Å². The number of nitrogens with two attached hydrogens (primary N) is 3. The number of ketones is 2. The molecule has 0 aliphatic carbocycles. The fourth-order valence-corrected chi connectivity index (χ4v) is 4.54. The van der Waals surface area contributed by atoms with Crippen molar-refractivity contribution in [2.75, 3.05) is 0 Å². The number of hydrogen-bond acceptors (Lipinski definition) is 10. The molecule has 0 aliphatic rings. The van der Waals surface area contributed by atoms with E-state index in [-0.39, 0.29) is 32.3 Å². The summed E-state index contributed by atoms with van der Waals surface area (Å²) in [5.41, 5.74) is 16.9. The van der Waals surface area contributed by atoms with Gasteiger partial charge in [-0.15, -0.1) is 0 Å². The van der Waals surface area contributed by atoms with Crippen LogP contribution >= 0.6 is 0 Å². The molecule has 5 atom stereocenters. The molecule has 0 bridgehead atoms. The first-order chi connectivity index (χ1) is 21.3. The van der Waals surface area contributed by atoms with Crippen molar-refractivity contribution in [3.8, 4) is 0 Å². The minimum atomic E-state index is -2.40. The molecule has 45 heavy (non-hydrogen) atoms. The van der Waals surface area contributed by atoms with Gasteiger partial charge < -0.3 is 27.3 Å². The van der Waals surface area contributed by atoms with E-state index in [9.17, 15) is 28.8 Å². The molecule has 0 aromatic heterocycles. The van der Waals surface area contributed by atoms with Gasteiger partial charge in [0.15, 0.2) is 11.3 Å². The first kappa shape index (κ1) is 37.7. The average molecular weight is 633 g/mol. The highest BCUT2D eigenvalue weighted by Crippen LogP contribution is 2.26. The Balaban J connectivity index is 3.72. The summed E-state index contributed by atoms with van der Waals surface area (Å²) in [6, 6.07) is 3.43. The molecule has 0 fully saturated rings. The molecule has 1 rings (SSSR count). The number of esters is 1. The van der Waals surface area contributed by atoms with Crippen LogP contribution in [-0.4, -0.2) is 69.9 Å². The average Bonchev–Trinajstić information content (AvgIpc) is 3.00. The van der Waals surface area contributed by atoms with Crippen LogP contribution in [-0.2, 0) is 40.1 Å². The van der Waals surface area contributed by atoms with Gasteiger partial charge in [-0.1, -0.05) is 92.6 Å². The normalized spacial score (nSPS) is 15.9. The summed E-state index contributed by atoms with van der Waals surface area (Å²) >= 11 is 0. The van der Waals surface area contributed by atoms with Gasteiger partial charge in [0.1, 0.15) is 18.7 Å². The van der Waals surface area contributed by atoms with Gasteiger partial charge in [-0.3, -0.25) is 28.9 Å². The number of ether oxygens (including phenoxy) is 1. The maximum Gasteiger partial charge on any atom is 0.329 e. The van der Waals surface area contributed by atoms with Crippen LogP contribution in [0.1, 0.15) is 82.1 Å². The molecule has 3 amide bonds. The molecular weight excluding hydrogens is 578 g/mol. The number of carbonyl (C=O) groups is 6. The molecule has 0 aliphatic heterocycles. The summed E-state index contributed by atoms with van der Waals surface area (Å²) in [6.45, 7) is 12.8. The molecule has 0 radical (unpaired) electrons. The predicted octanol–water partition coefficient (Wildman–Crippen LogP) is 1.85. The smallest absolute Gasteiger partial charge is 0.329 e. The Morgan fingerprint density at radius 1 is 0.933 bits per heavy atom. The summed E-state index contributed by atoms with van der Waals surface area (Å²) in [4.78, 5) is 82.9. The minimum Gasteiger partial charge on any atom is -0.459 e. The molecule has 7 N–H and O–H groups in total. The zero-order valence-electron chi connectivity index (χ0n) is 28.9. The lowest BCUT2D eigenvalue weighted by atomic mass is 9.76. The molecule has 0 saturated carbocycles. The van der Waals surface area contributed by atoms with E-state index in [1.54, 1.807) is 65.8 Å². The Kier molecular flexibility index (Phi) is 14.5. The summed E-state index contributed by atoms with van der Waals surface area (Å²) in [6.07, 6.45) is -0.335. The number of amides is 3. The number of nitrogens with zero attached hydrogens (tertiary/aromatic N) is 1. The second-order valence-corrected chi connectivity index (χ2v) is 12.9. The molecule has 0 heterocycles. The Bertz CT molecular complexity index is 1220. The SMILES string of the molecule is [2H]CC[C@H](N)C(=O)C(=O)N(C(=O)[C@](N)(C(=O)[C@@H](N)C(C)C)C(C)C)[C@@H](CC(C)C)C(=O)N[C@H](C(=O)OCc1ccccc1)C(C)C. The van der Waals surface area contributed by atoms with Crippen molar-refractivity contribution >= 4 is 35.3 Å². The van der Waals surface area contributed by atoms with E-state index in [1.165, 1.54) is 13.8 Å². The molecule has 1 aromatic carbocycles. The van der Waals surface area contributed by atoms with Crippen LogP contribution in [0, 0.1) is 23.7 Å². The van der Waals surface area contributed by atoms with Gasteiger partial charge >= 0.3 is 5.97 Å². The molecular formula is C33H53N5O7. The third-order valence-electron chi connectivity index (χ3n) is 7.74. The highest BCUT2D eigenvalue weighted by molar-refractivity contribution is 6.42. The van der Waals surface area contributed by atoms with Crippen molar-refractivity contribution in [1.29, 1.82) is 0 Å². The molecule has 0 unspecified atom stereocenters. The van der Waals surface area contributed by atoms with Crippen LogP contribution in [0.3, 0.4) is 0 Å². The van der Waals surface area contributed by atoms with Crippen LogP contribution in [0.5, 0.6) is 0 Å². The van der Waals surface area contributed by atoms with Crippen LogP contribution in [0.2, 0.25) is 0 Å². The fourth-order valence-electron chi connectivity index (χ4n) is 4.54. The van der Waals surface area contributed by atoms with Crippen LogP contribution in [0.4, 0.5) is 0 Å². The van der Waals surface area contributed by atoms with Gasteiger partial charge in [-0.2, -0.15) is 0 Å². The quantitative estimate of drug-likeness (QED) is 0.111. The van der Waals surface area contributed by atoms with Gasteiger partial charge in [-0.05, 0) is 42.1 Å². The summed E-state index contributed by atoms with van der Waals surface area (Å²) < 4.78 is 12.9. The molecule has 12 heteroatoms. The number of Topliss-reactive ketones (excluding diaryl/α,β-unsaturated/α-hetero) is 2. The highest BCUT2D eigenvalue weighted by atomic mass is 16.5. The van der Waals surface area contributed by atoms with Crippen molar-refractivity contribution in [2.24, 2.45) is 40.9 Å². The van der Waals surface area contributed by atoms with E-state index in [4.69, 9.17) is 23.3 Å². The second-order valence-electron chi connectivity index (χ2n) is 12.9. The molecule has 12 nitrogen and oxygen atoms in total. The third kappa shape index (κ3) is 10.0. The first-order valence-corrected chi connectivity index (χ1v) is 15.4. The van der Waals surface area contributed by atoms with Gasteiger partial charge in [0, 0.05) is 1.37 Å². The Morgan fingerprint density at radius 3 is 1.98 bits per heavy atom. The van der Waals surface area contributed by atoms with E-state index >= 15 is 0 Å². The molecule has 1 aromatic rings. The standard InChI is InChI=1S/C33H53N5O7/c1-10-23(34)27(39)30(42)38(32(44)33(36,21(8)9)28(40)25(35)19(4)5)24(16-18(2)3)29(41)37-26(20(6)7)31(43)45-17-22-14-12-11-13-15-22/h11-15,18-21,23-26H,10,16-17,34-36H2,1-9H3,(H,37,41)/t23-,24-,25-,26-,33+/m0/s1/i1D. The van der Waals surface area contributed by atoms with E-state index in [0.29, 0.717) is 4.90 Å². The van der Waals surface area contributed by atoms with Gasteiger partial charge in [-0.25, -0.2) is 4.79 Å². The maximum absolute atomic E-state index is 14.4. The first-order valence-electron chi connectivity index (χ1n) is 16.1. The Labute approximate surface area is 268 Å². The number of hydrogen-bond donors (Lipinski definition) is 4. The van der Waals surface area contributed by atoms with Gasteiger partial charge in [0.05, 0.1) is 12.1 Å². The van der Waals surface area contributed by atoms with Crippen molar-refractivity contribution < 1.29 is 34.9 Å². The highest BCUT2D eigenvalue weighted by Gasteiger charge is 2.54. The van der Waals surface area contributed by atoms with Crippen molar-refractivity contribution in [3.05, 3.63) is 35.9 Å². The molecule has 0 saturated heterocycles. The molecule has 0 spiro atoms. The topological polar surface area (TPSA) is 205 Å². The lowest BCUT2D eigenvalue weighted by Crippen LogP contribution is -2.71. The second kappa shape index (κ2) is 17.3. The van der Waals surface area contributed by atoms with Crippen LogP contribution < -0.4 is 22.5 Å². The van der Waals surface area contributed by atoms with E-state index in [1.807, 2.05) is 6.07 Å². The number of rotatable bonds is 17. The van der Waals surface area contributed by atoms with Crippen molar-refractivity contribution in [2.45, 2.75) is 111 Å². The Hall–Kier alpha value is -3.48. The third-order valence-corrected chi connectivity index (χ3v) is 7.74. The lowest BCUT2D eigenvalue weighted by molar-refractivity contribution is -0.163. The molecule has 252 valence electrons. The largest absolute Gasteiger partial charge is 0.459 e. The van der Waals surface area contributed by atoms with E-state index in [0.717, 1.165) is 5.56 Å². The number of imide groups is 1. The number of nitrogens with one attached hydrogen (secondary N) is 1. The zero-order chi connectivity index (χ0) is 35.5. The lowest BCUT2D eigenvalue weighted by Gasteiger charge is -2.40. The fraction of sp³-hybridized carbons (Fsp3) is 0.636. The summed E-state index contributed by atoms with van der Waals surface area (Å²) in [5.74, 6) is -8.64. The minimum absolute atomic E-state index is 0.0536. The van der Waals surface area contributed by atoms with E-state index < -0.39 is 82.7 Å². The number of benzene rings is 1. The zero-order valence-corrected chi connectivity index (χ0v) is 27.9. The Morgan fingerprint density at radius 2 is 1.51 bits per heavy atom. The van der Waals surface area contributed by atoms with E-state index in [2.05, 4.69) is 5.32 Å². The van der Waals surface area contributed by atoms with Crippen molar-refractivity contribution in [1.82, 2.24) is 10.2 Å².